The predicted molar refractivity (Wildman–Crippen MR) is 416 cm³/mol. The van der Waals surface area contributed by atoms with Gasteiger partial charge in [-0.15, -0.1) is 0 Å². The van der Waals surface area contributed by atoms with Gasteiger partial charge >= 0.3 is 0 Å². The van der Waals surface area contributed by atoms with Gasteiger partial charge in [-0.2, -0.15) is 0 Å². The summed E-state index contributed by atoms with van der Waals surface area (Å²) in [5, 5.41) is 0. The highest BCUT2D eigenvalue weighted by Crippen LogP contribution is 2.65. The average molecular weight is 1350 g/mol. The Morgan fingerprint density at radius 2 is 0.495 bits per heavy atom. The van der Waals surface area contributed by atoms with Crippen molar-refractivity contribution in [1.82, 2.24) is 29.9 Å². The van der Waals surface area contributed by atoms with Gasteiger partial charge in [0.25, 0.3) is 0 Å². The van der Waals surface area contributed by atoms with Gasteiger partial charge in [-0.25, -0.2) is 29.9 Å². The van der Waals surface area contributed by atoms with E-state index in [1.807, 2.05) is 47.8 Å². The van der Waals surface area contributed by atoms with Crippen LogP contribution in [0.25, 0.3) is 113 Å². The van der Waals surface area contributed by atoms with E-state index in [-0.39, 0.29) is 0 Å². The Bertz CT molecular complexity index is 6100. The SMILES string of the molecule is CC1(Cc2ccc(-c3nc(-c4ccccc4)nc(-c4ccc(-c5ccc6c(c5)C5(c7ccccc7S6)c6ccccc6-c6ccccc65)cc4)n3)cc2)c2ccccc2-c2ccc(-c3nc(-c4ccccc4)nc(-c4ccc5c(c4)C4(c6ccccc6S5)c5ccccc5-c5ccccc54)n3)cc21. The lowest BCUT2D eigenvalue weighted by Crippen LogP contribution is -2.32. The van der Waals surface area contributed by atoms with Crippen molar-refractivity contribution in [3.05, 3.63) is 395 Å². The van der Waals surface area contributed by atoms with E-state index in [1.54, 1.807) is 0 Å². The lowest BCUT2D eigenvalue weighted by Gasteiger charge is -2.40. The summed E-state index contributed by atoms with van der Waals surface area (Å²) >= 11 is 3.71. The zero-order chi connectivity index (χ0) is 68.0. The van der Waals surface area contributed by atoms with Crippen molar-refractivity contribution in [2.24, 2.45) is 0 Å². The topological polar surface area (TPSA) is 77.3 Å². The molecule has 0 amide bonds. The standard InChI is InChI=1S/C95H60N6S2/c1-93(57-58-40-42-62(43-41-58)89-96-87(60-22-4-2-5-23-60)97-90(98-89)63-46-44-59(45-47-63)64-49-52-85-81(54-64)94(78-36-18-20-38-83(78)102-85)74-32-14-9-27-68(74)69-28-10-15-33-75(69)94)73-31-13-8-26-67(73)72-51-48-65(55-80(72)93)91-99-88(61-24-6-3-7-25-61)100-92(101-91)66-50-53-86-82(56-66)95(79-37-19-21-39-84(79)103-86)76-34-16-11-29-70(76)71-30-12-17-35-77(71)95/h2-56H,57H2,1H3. The van der Waals surface area contributed by atoms with Gasteiger partial charge in [-0.1, -0.05) is 322 Å². The van der Waals surface area contributed by atoms with Crippen LogP contribution >= 0.6 is 23.5 Å². The number of rotatable bonds is 9. The average Bonchev–Trinajstić information content (AvgIpc) is 1.57. The maximum Gasteiger partial charge on any atom is 0.164 e. The maximum atomic E-state index is 5.50. The predicted octanol–water partition coefficient (Wildman–Crippen LogP) is 22.9. The molecule has 1 atom stereocenters. The van der Waals surface area contributed by atoms with Crippen molar-refractivity contribution in [3.63, 3.8) is 0 Å². The molecule has 103 heavy (non-hydrogen) atoms. The van der Waals surface area contributed by atoms with Crippen molar-refractivity contribution in [1.29, 1.82) is 0 Å². The summed E-state index contributed by atoms with van der Waals surface area (Å²) in [6, 6.07) is 122. The van der Waals surface area contributed by atoms with Gasteiger partial charge in [-0.3, -0.25) is 0 Å². The van der Waals surface area contributed by atoms with Crippen LogP contribution in [-0.2, 0) is 22.7 Å². The van der Waals surface area contributed by atoms with Crippen LogP contribution in [0.3, 0.4) is 0 Å². The first-order chi connectivity index (χ1) is 50.9. The summed E-state index contributed by atoms with van der Waals surface area (Å²) in [6.45, 7) is 2.39. The molecule has 6 nitrogen and oxygen atoms in total. The van der Waals surface area contributed by atoms with E-state index >= 15 is 0 Å². The van der Waals surface area contributed by atoms with Crippen molar-refractivity contribution in [3.8, 4) is 113 Å². The van der Waals surface area contributed by atoms with Gasteiger partial charge in [0.2, 0.25) is 0 Å². The minimum absolute atomic E-state index is 0.415. The van der Waals surface area contributed by atoms with Gasteiger partial charge < -0.3 is 0 Å². The third-order valence-corrected chi connectivity index (χ3v) is 24.5. The first-order valence-electron chi connectivity index (χ1n) is 35.2. The van der Waals surface area contributed by atoms with E-state index in [1.165, 1.54) is 114 Å². The molecule has 0 saturated heterocycles. The minimum Gasteiger partial charge on any atom is -0.208 e. The molecule has 0 N–H and O–H groups in total. The molecule has 0 fully saturated rings. The Hall–Kier alpha value is -12.2. The quantitative estimate of drug-likeness (QED) is 0.141. The van der Waals surface area contributed by atoms with E-state index in [0.29, 0.717) is 34.9 Å². The smallest absolute Gasteiger partial charge is 0.164 e. The Kier molecular flexibility index (Phi) is 13.4. The molecule has 16 aromatic rings. The lowest BCUT2D eigenvalue weighted by molar-refractivity contribution is 0.583. The third-order valence-electron chi connectivity index (χ3n) is 22.2. The normalized spacial score (nSPS) is 15.2. The van der Waals surface area contributed by atoms with E-state index in [4.69, 9.17) is 29.9 Å². The van der Waals surface area contributed by atoms with E-state index in [9.17, 15) is 0 Å². The molecule has 5 aliphatic rings. The van der Waals surface area contributed by atoms with Crippen molar-refractivity contribution < 1.29 is 0 Å². The zero-order valence-corrected chi connectivity index (χ0v) is 57.6. The number of nitrogens with zero attached hydrogens (tertiary/aromatic N) is 6. The number of aromatic nitrogens is 6. The Morgan fingerprint density at radius 1 is 0.214 bits per heavy atom. The highest BCUT2D eigenvalue weighted by Gasteiger charge is 2.52. The van der Waals surface area contributed by atoms with Gasteiger partial charge in [-0.05, 0) is 155 Å². The zero-order valence-electron chi connectivity index (χ0n) is 56.0. The molecule has 3 aliphatic carbocycles. The second kappa shape index (κ2) is 23.2. The summed E-state index contributed by atoms with van der Waals surface area (Å²) in [4.78, 5) is 37.0. The fourth-order valence-electron chi connectivity index (χ4n) is 17.6. The van der Waals surface area contributed by atoms with Crippen LogP contribution in [0.4, 0.5) is 0 Å². The van der Waals surface area contributed by atoms with Crippen LogP contribution in [0.15, 0.2) is 353 Å². The van der Waals surface area contributed by atoms with Crippen LogP contribution in [0.5, 0.6) is 0 Å². The van der Waals surface area contributed by atoms with Crippen molar-refractivity contribution >= 4 is 23.5 Å². The van der Waals surface area contributed by atoms with E-state index in [0.717, 1.165) is 50.9 Å². The highest BCUT2D eigenvalue weighted by atomic mass is 32.2. The fraction of sp³-hybridized carbons (Fsp3) is 0.0526. The molecule has 2 aromatic heterocycles. The Labute approximate surface area is 606 Å². The second-order valence-electron chi connectivity index (χ2n) is 27.7. The molecule has 2 spiro atoms. The van der Waals surface area contributed by atoms with Crippen LogP contribution < -0.4 is 0 Å². The fourth-order valence-corrected chi connectivity index (χ4v) is 20.0. The third kappa shape index (κ3) is 9.04. The van der Waals surface area contributed by atoms with Crippen molar-refractivity contribution in [2.75, 3.05) is 0 Å². The summed E-state index contributed by atoms with van der Waals surface area (Å²) in [5.41, 5.74) is 28.1. The molecule has 14 aromatic carbocycles. The summed E-state index contributed by atoms with van der Waals surface area (Å²) in [6.07, 6.45) is 0.741. The molecule has 0 saturated carbocycles. The number of benzene rings is 14. The van der Waals surface area contributed by atoms with E-state index < -0.39 is 16.2 Å². The van der Waals surface area contributed by atoms with Crippen LogP contribution in [-0.4, -0.2) is 29.9 Å². The molecule has 4 heterocycles. The molecule has 0 radical (unpaired) electrons. The van der Waals surface area contributed by atoms with Gasteiger partial charge in [0.1, 0.15) is 0 Å². The highest BCUT2D eigenvalue weighted by molar-refractivity contribution is 7.99. The number of fused-ring (bicyclic) bond motifs is 21. The monoisotopic (exact) mass is 1350 g/mol. The molecule has 1 unspecified atom stereocenters. The summed E-state index contributed by atoms with van der Waals surface area (Å²) < 4.78 is 0. The molecular weight excluding hydrogens is 1290 g/mol. The minimum atomic E-state index is -0.544. The van der Waals surface area contributed by atoms with Crippen molar-refractivity contribution in [2.45, 2.75) is 49.2 Å². The lowest BCUT2D eigenvalue weighted by atomic mass is 9.67. The van der Waals surface area contributed by atoms with Gasteiger partial charge in [0, 0.05) is 58.4 Å². The largest absolute Gasteiger partial charge is 0.208 e. The molecular formula is C95H60N6S2. The number of hydrogen-bond donors (Lipinski definition) is 0. The number of hydrogen-bond acceptors (Lipinski definition) is 8. The molecule has 2 aliphatic heterocycles. The second-order valence-corrected chi connectivity index (χ2v) is 29.9. The molecule has 8 heteroatoms. The van der Waals surface area contributed by atoms with Crippen LogP contribution in [0.1, 0.15) is 68.1 Å². The van der Waals surface area contributed by atoms with Gasteiger partial charge in [0.15, 0.2) is 34.9 Å². The van der Waals surface area contributed by atoms with Crippen LogP contribution in [0, 0.1) is 0 Å². The summed E-state index contributed by atoms with van der Waals surface area (Å²) in [7, 11) is 0. The Morgan fingerprint density at radius 3 is 0.942 bits per heavy atom. The maximum absolute atomic E-state index is 5.50. The molecule has 482 valence electrons. The van der Waals surface area contributed by atoms with Crippen LogP contribution in [0.2, 0.25) is 0 Å². The molecule has 21 rings (SSSR count). The summed E-state index contributed by atoms with van der Waals surface area (Å²) in [5.74, 6) is 3.72. The Balaban J connectivity index is 0.622. The van der Waals surface area contributed by atoms with Gasteiger partial charge in [0.05, 0.1) is 10.8 Å². The first-order valence-corrected chi connectivity index (χ1v) is 36.8. The van der Waals surface area contributed by atoms with E-state index in [2.05, 4.69) is 316 Å². The molecule has 0 bridgehead atoms. The first kappa shape index (κ1) is 59.6.